The van der Waals surface area contributed by atoms with Crippen LogP contribution in [0.25, 0.3) is 21.6 Å². The minimum Gasteiger partial charge on any atom is -0.494 e. The first kappa shape index (κ1) is 15.6. The van der Waals surface area contributed by atoms with Gasteiger partial charge in [0.1, 0.15) is 22.8 Å². The van der Waals surface area contributed by atoms with E-state index in [-0.39, 0.29) is 0 Å². The van der Waals surface area contributed by atoms with Crippen molar-refractivity contribution in [2.75, 3.05) is 19.1 Å². The van der Waals surface area contributed by atoms with Crippen molar-refractivity contribution in [1.29, 1.82) is 0 Å². The predicted molar refractivity (Wildman–Crippen MR) is 101 cm³/mol. The number of imidazole rings is 1. The molecule has 0 fully saturated rings. The molecule has 25 heavy (non-hydrogen) atoms. The van der Waals surface area contributed by atoms with Crippen LogP contribution in [0.3, 0.4) is 0 Å². The van der Waals surface area contributed by atoms with Gasteiger partial charge in [0.15, 0.2) is 0 Å². The third-order valence-corrected chi connectivity index (χ3v) is 5.03. The number of anilines is 2. The smallest absolute Gasteiger partial charge is 0.146 e. The van der Waals surface area contributed by atoms with Crippen molar-refractivity contribution in [2.45, 2.75) is 0 Å². The van der Waals surface area contributed by atoms with Crippen LogP contribution in [0.2, 0.25) is 0 Å². The first-order valence-corrected chi connectivity index (χ1v) is 8.64. The molecule has 0 spiro atoms. The lowest BCUT2D eigenvalue weighted by Crippen LogP contribution is -2.13. The Hall–Kier alpha value is -2.93. The quantitative estimate of drug-likeness (QED) is 0.559. The van der Waals surface area contributed by atoms with Gasteiger partial charge in [-0.25, -0.2) is 9.97 Å². The Morgan fingerprint density at radius 1 is 1.16 bits per heavy atom. The number of nitrogens with zero attached hydrogens (tertiary/aromatic N) is 5. The Balaban J connectivity index is 1.75. The average Bonchev–Trinajstić information content (AvgIpc) is 3.31. The molecule has 6 nitrogen and oxygen atoms in total. The number of aromatic nitrogens is 4. The van der Waals surface area contributed by atoms with Gasteiger partial charge in [0.05, 0.1) is 41.9 Å². The van der Waals surface area contributed by atoms with E-state index in [1.807, 2.05) is 59.4 Å². The number of fused-ring (bicyclic) bond motifs is 1. The molecule has 0 saturated carbocycles. The molecule has 0 bridgehead atoms. The van der Waals surface area contributed by atoms with Crippen LogP contribution >= 0.6 is 11.3 Å². The third-order valence-electron chi connectivity index (χ3n) is 4.14. The monoisotopic (exact) mass is 351 g/mol. The number of aryl methyl sites for hydroxylation is 1. The fourth-order valence-corrected chi connectivity index (χ4v) is 3.42. The lowest BCUT2D eigenvalue weighted by molar-refractivity contribution is 0.415. The maximum absolute atomic E-state index is 5.60. The number of methoxy groups -OCH3 is 1. The van der Waals surface area contributed by atoms with E-state index in [4.69, 9.17) is 4.74 Å². The molecule has 0 saturated heterocycles. The standard InChI is InChI=1S/C18H17N5OS/c1-22-11-21-13-9-20-18(8-14(13)22)23(2)15-10-19-12(7-16(15)24-3)17-5-4-6-25-17/h4-11H,1-3H3. The van der Waals surface area contributed by atoms with Crippen LogP contribution in [0, 0.1) is 0 Å². The highest BCUT2D eigenvalue weighted by molar-refractivity contribution is 7.13. The van der Waals surface area contributed by atoms with Crippen molar-refractivity contribution in [3.8, 4) is 16.3 Å². The maximum atomic E-state index is 5.60. The lowest BCUT2D eigenvalue weighted by atomic mass is 10.2. The maximum Gasteiger partial charge on any atom is 0.146 e. The zero-order valence-corrected chi connectivity index (χ0v) is 15.0. The van der Waals surface area contributed by atoms with E-state index in [1.165, 1.54) is 0 Å². The summed E-state index contributed by atoms with van der Waals surface area (Å²) in [6.45, 7) is 0. The van der Waals surface area contributed by atoms with E-state index in [2.05, 4.69) is 15.0 Å². The van der Waals surface area contributed by atoms with Gasteiger partial charge in [-0.1, -0.05) is 6.07 Å². The van der Waals surface area contributed by atoms with Gasteiger partial charge in [0.2, 0.25) is 0 Å². The Bertz CT molecular complexity index is 1030. The van der Waals surface area contributed by atoms with Crippen LogP contribution in [0.15, 0.2) is 48.4 Å². The second kappa shape index (κ2) is 6.18. The van der Waals surface area contributed by atoms with E-state index < -0.39 is 0 Å². The van der Waals surface area contributed by atoms with E-state index in [9.17, 15) is 0 Å². The van der Waals surface area contributed by atoms with E-state index in [0.29, 0.717) is 0 Å². The molecule has 4 heterocycles. The van der Waals surface area contributed by atoms with Gasteiger partial charge in [0, 0.05) is 26.2 Å². The van der Waals surface area contributed by atoms with Crippen LogP contribution < -0.4 is 9.64 Å². The van der Waals surface area contributed by atoms with Gasteiger partial charge < -0.3 is 14.2 Å². The molecule has 4 aromatic rings. The SMILES string of the molecule is COc1cc(-c2cccs2)ncc1N(C)c1cc2c(cn1)ncn2C. The van der Waals surface area contributed by atoms with Crippen LogP contribution in [0.4, 0.5) is 11.5 Å². The van der Waals surface area contributed by atoms with Gasteiger partial charge in [-0.3, -0.25) is 4.98 Å². The number of rotatable bonds is 4. The van der Waals surface area contributed by atoms with Crippen LogP contribution in [0.1, 0.15) is 0 Å². The molecule has 7 heteroatoms. The van der Waals surface area contributed by atoms with Crippen molar-refractivity contribution < 1.29 is 4.74 Å². The first-order chi connectivity index (χ1) is 12.2. The summed E-state index contributed by atoms with van der Waals surface area (Å²) >= 11 is 1.66. The zero-order valence-electron chi connectivity index (χ0n) is 14.2. The number of hydrogen-bond donors (Lipinski definition) is 0. The van der Waals surface area contributed by atoms with Crippen molar-refractivity contribution in [3.63, 3.8) is 0 Å². The summed E-state index contributed by atoms with van der Waals surface area (Å²) < 4.78 is 7.58. The molecule has 0 radical (unpaired) electrons. The molecule has 0 aliphatic heterocycles. The van der Waals surface area contributed by atoms with E-state index in [1.54, 1.807) is 31.0 Å². The summed E-state index contributed by atoms with van der Waals surface area (Å²) in [5, 5.41) is 2.04. The molecule has 0 aromatic carbocycles. The van der Waals surface area contributed by atoms with Gasteiger partial charge in [-0.2, -0.15) is 0 Å². The second-order valence-corrected chi connectivity index (χ2v) is 6.61. The minimum absolute atomic E-state index is 0.757. The van der Waals surface area contributed by atoms with Crippen molar-refractivity contribution in [2.24, 2.45) is 7.05 Å². The molecule has 0 aliphatic carbocycles. The summed E-state index contributed by atoms with van der Waals surface area (Å²) in [5.74, 6) is 1.56. The Kier molecular flexibility index (Phi) is 3.85. The largest absolute Gasteiger partial charge is 0.494 e. The normalized spacial score (nSPS) is 11.0. The van der Waals surface area contributed by atoms with Crippen molar-refractivity contribution in [3.05, 3.63) is 48.4 Å². The van der Waals surface area contributed by atoms with Gasteiger partial charge in [-0.05, 0) is 11.4 Å². The fraction of sp³-hybridized carbons (Fsp3) is 0.167. The first-order valence-electron chi connectivity index (χ1n) is 7.76. The zero-order chi connectivity index (χ0) is 17.4. The van der Waals surface area contributed by atoms with Crippen LogP contribution in [-0.4, -0.2) is 33.7 Å². The minimum atomic E-state index is 0.757. The molecular formula is C18H17N5OS. The summed E-state index contributed by atoms with van der Waals surface area (Å²) in [6, 6.07) is 8.03. The second-order valence-electron chi connectivity index (χ2n) is 5.66. The highest BCUT2D eigenvalue weighted by Gasteiger charge is 2.15. The molecular weight excluding hydrogens is 334 g/mol. The Labute approximate surface area is 149 Å². The molecule has 4 rings (SSSR count). The van der Waals surface area contributed by atoms with E-state index in [0.717, 1.165) is 38.9 Å². The predicted octanol–water partition coefficient (Wildman–Crippen LogP) is 3.87. The highest BCUT2D eigenvalue weighted by atomic mass is 32.1. The number of ether oxygens (including phenoxy) is 1. The third kappa shape index (κ3) is 2.72. The lowest BCUT2D eigenvalue weighted by Gasteiger charge is -2.21. The molecule has 126 valence electrons. The van der Waals surface area contributed by atoms with Crippen LogP contribution in [-0.2, 0) is 7.05 Å². The number of pyridine rings is 2. The molecule has 0 amide bonds. The topological polar surface area (TPSA) is 56.1 Å². The molecule has 0 atom stereocenters. The summed E-state index contributed by atoms with van der Waals surface area (Å²) in [6.07, 6.45) is 5.39. The number of thiophene rings is 1. The van der Waals surface area contributed by atoms with Crippen molar-refractivity contribution in [1.82, 2.24) is 19.5 Å². The molecule has 0 aliphatic rings. The van der Waals surface area contributed by atoms with Crippen molar-refractivity contribution >= 4 is 33.9 Å². The van der Waals surface area contributed by atoms with E-state index >= 15 is 0 Å². The fourth-order valence-electron chi connectivity index (χ4n) is 2.73. The molecule has 0 unspecified atom stereocenters. The van der Waals surface area contributed by atoms with Crippen LogP contribution in [0.5, 0.6) is 5.75 Å². The highest BCUT2D eigenvalue weighted by Crippen LogP contribution is 2.35. The van der Waals surface area contributed by atoms with Gasteiger partial charge >= 0.3 is 0 Å². The molecule has 4 aromatic heterocycles. The summed E-state index contributed by atoms with van der Waals surface area (Å²) in [7, 11) is 5.59. The number of hydrogen-bond acceptors (Lipinski definition) is 6. The summed E-state index contributed by atoms with van der Waals surface area (Å²) in [5.41, 5.74) is 3.66. The molecule has 0 N–H and O–H groups in total. The Morgan fingerprint density at radius 2 is 2.04 bits per heavy atom. The Morgan fingerprint density at radius 3 is 2.80 bits per heavy atom. The summed E-state index contributed by atoms with van der Waals surface area (Å²) in [4.78, 5) is 16.5. The van der Waals surface area contributed by atoms with Gasteiger partial charge in [-0.15, -0.1) is 11.3 Å². The average molecular weight is 351 g/mol. The van der Waals surface area contributed by atoms with Gasteiger partial charge in [0.25, 0.3) is 0 Å².